The maximum absolute atomic E-state index is 6.49. The van der Waals surface area contributed by atoms with E-state index in [1.807, 2.05) is 0 Å². The Morgan fingerprint density at radius 2 is 1.81 bits per heavy atom. The van der Waals surface area contributed by atoms with E-state index in [4.69, 9.17) is 10.7 Å². The first kappa shape index (κ1) is 15.0. The minimum atomic E-state index is 0.277. The van der Waals surface area contributed by atoms with Gasteiger partial charge >= 0.3 is 0 Å². The minimum Gasteiger partial charge on any atom is -0.327 e. The molecule has 1 fully saturated rings. The second kappa shape index (κ2) is 6.45. The van der Waals surface area contributed by atoms with Crippen molar-refractivity contribution >= 4 is 21.6 Å². The van der Waals surface area contributed by atoms with Crippen molar-refractivity contribution in [2.24, 2.45) is 23.5 Å². The van der Waals surface area contributed by atoms with Crippen molar-refractivity contribution in [2.45, 2.75) is 52.0 Å². The van der Waals surface area contributed by atoms with Crippen LogP contribution >= 0.6 is 11.3 Å². The molecular formula is C18H26N2S. The second-order valence-electron chi connectivity index (χ2n) is 6.86. The monoisotopic (exact) mass is 302 g/mol. The SMILES string of the molecule is CC(C)C1CCC(C(N)Cc2nc3ccccc3s2)CC1. The van der Waals surface area contributed by atoms with Crippen molar-refractivity contribution in [3.05, 3.63) is 29.3 Å². The Bertz CT molecular complexity index is 549. The Morgan fingerprint density at radius 3 is 2.48 bits per heavy atom. The molecule has 2 aromatic rings. The van der Waals surface area contributed by atoms with Gasteiger partial charge in [-0.25, -0.2) is 4.98 Å². The van der Waals surface area contributed by atoms with Crippen molar-refractivity contribution in [1.29, 1.82) is 0 Å². The highest BCUT2D eigenvalue weighted by Gasteiger charge is 2.27. The molecule has 0 aliphatic heterocycles. The van der Waals surface area contributed by atoms with Crippen LogP contribution in [-0.2, 0) is 6.42 Å². The number of thiazole rings is 1. The number of fused-ring (bicyclic) bond motifs is 1. The predicted octanol–water partition coefficient (Wildman–Crippen LogP) is 4.63. The van der Waals surface area contributed by atoms with Gasteiger partial charge in [-0.05, 0) is 55.6 Å². The Hall–Kier alpha value is -0.930. The molecule has 3 heteroatoms. The van der Waals surface area contributed by atoms with Crippen LogP contribution in [-0.4, -0.2) is 11.0 Å². The van der Waals surface area contributed by atoms with Crippen LogP contribution in [0.2, 0.25) is 0 Å². The first-order valence-corrected chi connectivity index (χ1v) is 9.05. The maximum Gasteiger partial charge on any atom is 0.0954 e. The van der Waals surface area contributed by atoms with E-state index in [1.165, 1.54) is 35.4 Å². The van der Waals surface area contributed by atoms with E-state index in [2.05, 4.69) is 38.1 Å². The summed E-state index contributed by atoms with van der Waals surface area (Å²) >= 11 is 1.80. The summed E-state index contributed by atoms with van der Waals surface area (Å²) in [6.07, 6.45) is 6.26. The number of benzene rings is 1. The molecule has 3 rings (SSSR count). The van der Waals surface area contributed by atoms with Gasteiger partial charge in [-0.2, -0.15) is 0 Å². The predicted molar refractivity (Wildman–Crippen MR) is 91.6 cm³/mol. The van der Waals surface area contributed by atoms with Crippen LogP contribution < -0.4 is 5.73 Å². The van der Waals surface area contributed by atoms with Crippen molar-refractivity contribution < 1.29 is 0 Å². The number of rotatable bonds is 4. The normalized spacial score (nSPS) is 24.6. The summed E-state index contributed by atoms with van der Waals surface area (Å²) in [7, 11) is 0. The van der Waals surface area contributed by atoms with Crippen molar-refractivity contribution in [3.8, 4) is 0 Å². The minimum absolute atomic E-state index is 0.277. The third-order valence-corrected chi connectivity index (χ3v) is 6.17. The molecule has 2 N–H and O–H groups in total. The van der Waals surface area contributed by atoms with Gasteiger partial charge in [0.2, 0.25) is 0 Å². The molecule has 1 heterocycles. The van der Waals surface area contributed by atoms with E-state index in [-0.39, 0.29) is 6.04 Å². The zero-order chi connectivity index (χ0) is 14.8. The lowest BCUT2D eigenvalue weighted by Crippen LogP contribution is -2.35. The topological polar surface area (TPSA) is 38.9 Å². The highest BCUT2D eigenvalue weighted by molar-refractivity contribution is 7.18. The number of aromatic nitrogens is 1. The number of hydrogen-bond acceptors (Lipinski definition) is 3. The molecule has 0 saturated heterocycles. The van der Waals surface area contributed by atoms with Crippen molar-refractivity contribution in [2.75, 3.05) is 0 Å². The van der Waals surface area contributed by atoms with Gasteiger partial charge in [-0.15, -0.1) is 11.3 Å². The molecule has 1 saturated carbocycles. The molecule has 1 unspecified atom stereocenters. The van der Waals surface area contributed by atoms with Crippen molar-refractivity contribution in [1.82, 2.24) is 4.98 Å². The van der Waals surface area contributed by atoms with E-state index >= 15 is 0 Å². The molecule has 1 aromatic heterocycles. The fourth-order valence-electron chi connectivity index (χ4n) is 3.62. The van der Waals surface area contributed by atoms with Crippen LogP contribution in [0, 0.1) is 17.8 Å². The van der Waals surface area contributed by atoms with Gasteiger partial charge in [-0.1, -0.05) is 26.0 Å². The number of nitrogens with zero attached hydrogens (tertiary/aromatic N) is 1. The molecule has 0 bridgehead atoms. The van der Waals surface area contributed by atoms with Gasteiger partial charge in [0.25, 0.3) is 0 Å². The van der Waals surface area contributed by atoms with Crippen LogP contribution in [0.5, 0.6) is 0 Å². The Balaban J connectivity index is 1.60. The molecular weight excluding hydrogens is 276 g/mol. The zero-order valence-electron chi connectivity index (χ0n) is 13.1. The Labute approximate surface area is 131 Å². The number of para-hydroxylation sites is 1. The summed E-state index contributed by atoms with van der Waals surface area (Å²) in [4.78, 5) is 4.73. The van der Waals surface area contributed by atoms with Crippen LogP contribution in [0.3, 0.4) is 0 Å². The molecule has 0 amide bonds. The standard InChI is InChI=1S/C18H26N2S/c1-12(2)13-7-9-14(10-8-13)15(19)11-18-20-16-5-3-4-6-17(16)21-18/h3-6,12-15H,7-11,19H2,1-2H3. The molecule has 2 nitrogen and oxygen atoms in total. The summed E-state index contributed by atoms with van der Waals surface area (Å²) in [5, 5.41) is 1.20. The number of nitrogens with two attached hydrogens (primary N) is 1. The third kappa shape index (κ3) is 3.46. The molecule has 1 atom stereocenters. The van der Waals surface area contributed by atoms with Gasteiger partial charge in [0.1, 0.15) is 0 Å². The van der Waals surface area contributed by atoms with Gasteiger partial charge in [0.05, 0.1) is 15.2 Å². The average molecular weight is 302 g/mol. The van der Waals surface area contributed by atoms with E-state index < -0.39 is 0 Å². The van der Waals surface area contributed by atoms with Crippen LogP contribution in [0.1, 0.15) is 44.5 Å². The summed E-state index contributed by atoms with van der Waals surface area (Å²) < 4.78 is 1.28. The van der Waals surface area contributed by atoms with Crippen LogP contribution in [0.4, 0.5) is 0 Å². The lowest BCUT2D eigenvalue weighted by atomic mass is 9.74. The highest BCUT2D eigenvalue weighted by atomic mass is 32.1. The average Bonchev–Trinajstić information content (AvgIpc) is 2.89. The molecule has 1 aliphatic carbocycles. The molecule has 0 spiro atoms. The third-order valence-electron chi connectivity index (χ3n) is 5.11. The first-order chi connectivity index (χ1) is 10.1. The number of hydrogen-bond donors (Lipinski definition) is 1. The summed E-state index contributed by atoms with van der Waals surface area (Å²) in [5.74, 6) is 2.43. The van der Waals surface area contributed by atoms with E-state index in [0.717, 1.165) is 23.8 Å². The second-order valence-corrected chi connectivity index (χ2v) is 7.98. The van der Waals surface area contributed by atoms with Gasteiger partial charge in [-0.3, -0.25) is 0 Å². The lowest BCUT2D eigenvalue weighted by Gasteiger charge is -2.33. The fourth-order valence-corrected chi connectivity index (χ4v) is 4.65. The van der Waals surface area contributed by atoms with Crippen LogP contribution in [0.15, 0.2) is 24.3 Å². The quantitative estimate of drug-likeness (QED) is 0.894. The summed E-state index contributed by atoms with van der Waals surface area (Å²) in [6, 6.07) is 8.65. The first-order valence-electron chi connectivity index (χ1n) is 8.23. The highest BCUT2D eigenvalue weighted by Crippen LogP contribution is 2.35. The zero-order valence-corrected chi connectivity index (χ0v) is 13.9. The fraction of sp³-hybridized carbons (Fsp3) is 0.611. The lowest BCUT2D eigenvalue weighted by molar-refractivity contribution is 0.202. The molecule has 1 aliphatic rings. The molecule has 114 valence electrons. The van der Waals surface area contributed by atoms with Crippen LogP contribution in [0.25, 0.3) is 10.2 Å². The molecule has 0 radical (unpaired) electrons. The van der Waals surface area contributed by atoms with Gasteiger partial charge in [0.15, 0.2) is 0 Å². The van der Waals surface area contributed by atoms with Crippen molar-refractivity contribution in [3.63, 3.8) is 0 Å². The summed E-state index contributed by atoms with van der Waals surface area (Å²) in [6.45, 7) is 4.71. The van der Waals surface area contributed by atoms with E-state index in [1.54, 1.807) is 11.3 Å². The van der Waals surface area contributed by atoms with Gasteiger partial charge in [0, 0.05) is 12.5 Å². The smallest absolute Gasteiger partial charge is 0.0954 e. The van der Waals surface area contributed by atoms with E-state index in [0.29, 0.717) is 5.92 Å². The molecule has 21 heavy (non-hydrogen) atoms. The Kier molecular flexibility index (Phi) is 4.60. The largest absolute Gasteiger partial charge is 0.327 e. The maximum atomic E-state index is 6.49. The van der Waals surface area contributed by atoms with Gasteiger partial charge < -0.3 is 5.73 Å². The van der Waals surface area contributed by atoms with E-state index in [9.17, 15) is 0 Å². The molecule has 1 aromatic carbocycles. The Morgan fingerprint density at radius 1 is 1.14 bits per heavy atom. The summed E-state index contributed by atoms with van der Waals surface area (Å²) in [5.41, 5.74) is 7.61.